The first kappa shape index (κ1) is 22.4. The Morgan fingerprint density at radius 2 is 1.88 bits per heavy atom. The van der Waals surface area contributed by atoms with Gasteiger partial charge in [0.1, 0.15) is 11.9 Å². The van der Waals surface area contributed by atoms with E-state index >= 15 is 0 Å². The van der Waals surface area contributed by atoms with Gasteiger partial charge in [0.05, 0.1) is 17.0 Å². The largest absolute Gasteiger partial charge is 0.351 e. The Bertz CT molecular complexity index is 1310. The molecule has 2 aromatic carbocycles. The number of nitrogens with one attached hydrogen (secondary N) is 1. The fourth-order valence-corrected chi connectivity index (χ4v) is 5.68. The highest BCUT2D eigenvalue weighted by Crippen LogP contribution is 2.43. The number of amides is 3. The van der Waals surface area contributed by atoms with Crippen molar-refractivity contribution in [1.82, 2.24) is 14.8 Å². The van der Waals surface area contributed by atoms with Gasteiger partial charge in [0, 0.05) is 29.7 Å². The highest BCUT2D eigenvalue weighted by atomic mass is 35.5. The van der Waals surface area contributed by atoms with Crippen molar-refractivity contribution in [1.29, 1.82) is 0 Å². The minimum absolute atomic E-state index is 0.000598. The second-order valence-corrected chi connectivity index (χ2v) is 9.37. The summed E-state index contributed by atoms with van der Waals surface area (Å²) in [7, 11) is 0. The molecule has 1 aromatic heterocycles. The van der Waals surface area contributed by atoms with Crippen LogP contribution in [-0.4, -0.2) is 39.4 Å². The molecule has 1 saturated heterocycles. The first-order valence-corrected chi connectivity index (χ1v) is 11.6. The quantitative estimate of drug-likeness (QED) is 0.581. The maximum atomic E-state index is 14.2. The van der Waals surface area contributed by atoms with Crippen LogP contribution in [0.25, 0.3) is 10.9 Å². The van der Waals surface area contributed by atoms with Crippen LogP contribution in [0, 0.1) is 11.7 Å². The Morgan fingerprint density at radius 3 is 2.68 bits per heavy atom. The van der Waals surface area contributed by atoms with Crippen molar-refractivity contribution in [2.75, 3.05) is 0 Å². The van der Waals surface area contributed by atoms with Crippen LogP contribution >= 0.6 is 11.6 Å². The fourth-order valence-electron chi connectivity index (χ4n) is 5.48. The molecule has 0 unspecified atom stereocenters. The van der Waals surface area contributed by atoms with Crippen molar-refractivity contribution in [2.24, 2.45) is 11.7 Å². The molecule has 3 amide bonds. The van der Waals surface area contributed by atoms with Gasteiger partial charge in [-0.25, -0.2) is 9.18 Å². The Labute approximate surface area is 200 Å². The molecule has 1 aliphatic carbocycles. The number of hydrogen-bond acceptors (Lipinski definition) is 3. The summed E-state index contributed by atoms with van der Waals surface area (Å²) in [6.07, 6.45) is 4.15. The van der Waals surface area contributed by atoms with Crippen molar-refractivity contribution in [3.8, 4) is 0 Å². The molecule has 2 bridgehead atoms. The molecule has 0 radical (unpaired) electrons. The molecular weight excluding hydrogens is 459 g/mol. The smallest absolute Gasteiger partial charge is 0.323 e. The number of piperidine rings is 1. The topological polar surface area (TPSA) is 97.4 Å². The van der Waals surface area contributed by atoms with E-state index in [-0.39, 0.29) is 41.8 Å². The number of aromatic nitrogens is 1. The molecule has 176 valence electrons. The summed E-state index contributed by atoms with van der Waals surface area (Å²) in [5, 5.41) is 3.57. The van der Waals surface area contributed by atoms with Crippen LogP contribution < -0.4 is 11.1 Å². The zero-order valence-corrected chi connectivity index (χ0v) is 19.1. The highest BCUT2D eigenvalue weighted by molar-refractivity contribution is 6.30. The SMILES string of the molecule is NC(=O)n1cc(CC(=O)N2[C@@H]3CC[C@@H](C3)[C@H]2C(=O)NCc2cccc(Cl)c2F)c2ccccc21. The van der Waals surface area contributed by atoms with Gasteiger partial charge in [0.25, 0.3) is 0 Å². The summed E-state index contributed by atoms with van der Waals surface area (Å²) in [6, 6.07) is 10.7. The Hall–Kier alpha value is -3.39. The summed E-state index contributed by atoms with van der Waals surface area (Å²) in [5.41, 5.74) is 7.11. The lowest BCUT2D eigenvalue weighted by Crippen LogP contribution is -2.53. The summed E-state index contributed by atoms with van der Waals surface area (Å²) < 4.78 is 15.6. The highest BCUT2D eigenvalue weighted by Gasteiger charge is 2.51. The Morgan fingerprint density at radius 1 is 1.09 bits per heavy atom. The van der Waals surface area contributed by atoms with E-state index in [0.717, 1.165) is 24.6 Å². The van der Waals surface area contributed by atoms with Crippen LogP contribution in [0.15, 0.2) is 48.7 Å². The van der Waals surface area contributed by atoms with Crippen LogP contribution in [0.2, 0.25) is 5.02 Å². The minimum Gasteiger partial charge on any atom is -0.351 e. The third-order valence-corrected chi connectivity index (χ3v) is 7.29. The third-order valence-electron chi connectivity index (χ3n) is 7.00. The molecule has 3 atom stereocenters. The molecule has 1 saturated carbocycles. The maximum Gasteiger partial charge on any atom is 0.323 e. The zero-order chi connectivity index (χ0) is 24.0. The molecular formula is C25H24ClFN4O3. The molecule has 2 aliphatic rings. The standard InChI is InChI=1S/C25H24ClFN4O3/c26-19-6-3-4-15(22(19)27)12-29-24(33)23-14-8-9-17(10-14)31(23)21(32)11-16-13-30(25(28)34)20-7-2-1-5-18(16)20/h1-7,13-14,17,23H,8-12H2,(H2,28,34)(H,29,33)/t14-,17+,23-/m0/s1. The number of halogens is 2. The number of nitrogens with two attached hydrogens (primary N) is 1. The van der Waals surface area contributed by atoms with Crippen LogP contribution in [0.1, 0.15) is 30.4 Å². The fraction of sp³-hybridized carbons (Fsp3) is 0.320. The van der Waals surface area contributed by atoms with Gasteiger partial charge in [0.2, 0.25) is 11.8 Å². The predicted octanol–water partition coefficient (Wildman–Crippen LogP) is 3.60. The molecule has 3 aromatic rings. The molecule has 2 fully saturated rings. The molecule has 2 heterocycles. The molecule has 5 rings (SSSR count). The number of primary amides is 1. The van der Waals surface area contributed by atoms with Gasteiger partial charge in [-0.05, 0) is 42.9 Å². The Balaban J connectivity index is 1.36. The van der Waals surface area contributed by atoms with Gasteiger partial charge in [-0.3, -0.25) is 14.2 Å². The second kappa shape index (κ2) is 8.76. The van der Waals surface area contributed by atoms with Crippen molar-refractivity contribution in [3.05, 3.63) is 70.6 Å². The van der Waals surface area contributed by atoms with Gasteiger partial charge >= 0.3 is 6.03 Å². The van der Waals surface area contributed by atoms with Crippen molar-refractivity contribution in [3.63, 3.8) is 0 Å². The zero-order valence-electron chi connectivity index (χ0n) is 18.3. The van der Waals surface area contributed by atoms with E-state index in [2.05, 4.69) is 5.32 Å². The maximum absolute atomic E-state index is 14.2. The van der Waals surface area contributed by atoms with Gasteiger partial charge in [-0.1, -0.05) is 41.9 Å². The van der Waals surface area contributed by atoms with E-state index in [1.807, 2.05) is 12.1 Å². The van der Waals surface area contributed by atoms with Crippen molar-refractivity contribution >= 4 is 40.3 Å². The number of benzene rings is 2. The normalized spacial score (nSPS) is 21.2. The monoisotopic (exact) mass is 482 g/mol. The predicted molar refractivity (Wildman–Crippen MR) is 126 cm³/mol. The molecule has 0 spiro atoms. The molecule has 3 N–H and O–H groups in total. The van der Waals surface area contributed by atoms with Gasteiger partial charge in [0.15, 0.2) is 0 Å². The lowest BCUT2D eigenvalue weighted by Gasteiger charge is -2.34. The Kier molecular flexibility index (Phi) is 5.77. The average molecular weight is 483 g/mol. The van der Waals surface area contributed by atoms with E-state index in [4.69, 9.17) is 17.3 Å². The number of carbonyl (C=O) groups excluding carboxylic acids is 3. The van der Waals surface area contributed by atoms with E-state index < -0.39 is 17.9 Å². The first-order chi connectivity index (χ1) is 16.3. The first-order valence-electron chi connectivity index (χ1n) is 11.3. The number of para-hydroxylation sites is 1. The summed E-state index contributed by atoms with van der Waals surface area (Å²) in [4.78, 5) is 40.2. The number of likely N-dealkylation sites (tertiary alicyclic amines) is 1. The number of hydrogen-bond donors (Lipinski definition) is 2. The summed E-state index contributed by atoms with van der Waals surface area (Å²) in [5.74, 6) is -0.950. The summed E-state index contributed by atoms with van der Waals surface area (Å²) in [6.45, 7) is -0.00670. The number of fused-ring (bicyclic) bond motifs is 3. The lowest BCUT2D eigenvalue weighted by molar-refractivity contribution is -0.142. The van der Waals surface area contributed by atoms with E-state index in [1.165, 1.54) is 10.6 Å². The van der Waals surface area contributed by atoms with E-state index in [0.29, 0.717) is 16.6 Å². The third kappa shape index (κ3) is 3.81. The van der Waals surface area contributed by atoms with E-state index in [9.17, 15) is 18.8 Å². The van der Waals surface area contributed by atoms with Crippen LogP contribution in [0.4, 0.5) is 9.18 Å². The van der Waals surface area contributed by atoms with Gasteiger partial charge in [-0.2, -0.15) is 0 Å². The molecule has 9 heteroatoms. The molecule has 34 heavy (non-hydrogen) atoms. The number of rotatable bonds is 5. The number of nitrogens with zero attached hydrogens (tertiary/aromatic N) is 2. The van der Waals surface area contributed by atoms with Crippen LogP contribution in [0.3, 0.4) is 0 Å². The molecule has 1 aliphatic heterocycles. The summed E-state index contributed by atoms with van der Waals surface area (Å²) >= 11 is 5.84. The second-order valence-electron chi connectivity index (χ2n) is 8.96. The van der Waals surface area contributed by atoms with Crippen molar-refractivity contribution < 1.29 is 18.8 Å². The van der Waals surface area contributed by atoms with Crippen LogP contribution in [0.5, 0.6) is 0 Å². The van der Waals surface area contributed by atoms with Gasteiger partial charge < -0.3 is 16.0 Å². The average Bonchev–Trinajstić information content (AvgIpc) is 3.53. The molecule has 7 nitrogen and oxygen atoms in total. The van der Waals surface area contributed by atoms with Gasteiger partial charge in [-0.15, -0.1) is 0 Å². The van der Waals surface area contributed by atoms with E-state index in [1.54, 1.807) is 35.4 Å². The number of carbonyl (C=O) groups is 3. The van der Waals surface area contributed by atoms with Crippen molar-refractivity contribution in [2.45, 2.75) is 44.3 Å². The minimum atomic E-state index is -0.624. The lowest BCUT2D eigenvalue weighted by atomic mass is 9.97. The van der Waals surface area contributed by atoms with Crippen LogP contribution in [-0.2, 0) is 22.6 Å².